The molecule has 0 saturated carbocycles. The average molecular weight is 217 g/mol. The molecule has 1 heterocycles. The third kappa shape index (κ3) is 2.34. The zero-order valence-electron chi connectivity index (χ0n) is 9.47. The molecule has 0 aliphatic heterocycles. The molecule has 0 unspecified atom stereocenters. The molecule has 84 valence electrons. The normalized spacial score (nSPS) is 10.4. The van der Waals surface area contributed by atoms with Crippen LogP contribution in [0.1, 0.15) is 11.5 Å². The lowest BCUT2D eigenvalue weighted by atomic mass is 10.2. The van der Waals surface area contributed by atoms with Crippen LogP contribution in [0.4, 0.5) is 11.4 Å². The van der Waals surface area contributed by atoms with Crippen molar-refractivity contribution in [1.29, 1.82) is 0 Å². The van der Waals surface area contributed by atoms with E-state index in [0.29, 0.717) is 0 Å². The summed E-state index contributed by atoms with van der Waals surface area (Å²) < 4.78 is 5.02. The second kappa shape index (κ2) is 4.26. The summed E-state index contributed by atoms with van der Waals surface area (Å²) >= 11 is 0. The molecule has 4 nitrogen and oxygen atoms in total. The summed E-state index contributed by atoms with van der Waals surface area (Å²) in [6, 6.07) is 9.69. The predicted octanol–water partition coefficient (Wildman–Crippen LogP) is 2.20. The second-order valence-corrected chi connectivity index (χ2v) is 3.88. The number of aromatic nitrogens is 1. The Morgan fingerprint density at radius 2 is 2.00 bits per heavy atom. The van der Waals surface area contributed by atoms with E-state index in [-0.39, 0.29) is 0 Å². The molecule has 16 heavy (non-hydrogen) atoms. The van der Waals surface area contributed by atoms with Gasteiger partial charge in [-0.15, -0.1) is 0 Å². The molecule has 0 aliphatic carbocycles. The van der Waals surface area contributed by atoms with E-state index < -0.39 is 0 Å². The van der Waals surface area contributed by atoms with Crippen LogP contribution >= 0.6 is 0 Å². The Balaban J connectivity index is 2.08. The number of nitrogens with zero attached hydrogens (tertiary/aromatic N) is 2. The van der Waals surface area contributed by atoms with Crippen molar-refractivity contribution in [3.8, 4) is 0 Å². The number of anilines is 2. The highest BCUT2D eigenvalue weighted by atomic mass is 16.5. The van der Waals surface area contributed by atoms with Crippen LogP contribution in [0.2, 0.25) is 0 Å². The van der Waals surface area contributed by atoms with E-state index in [1.165, 1.54) is 0 Å². The van der Waals surface area contributed by atoms with Gasteiger partial charge in [-0.1, -0.05) is 5.16 Å². The standard InChI is InChI=1S/C12H15N3O/c1-9-7-11(14-16-9)8-15(2)12-5-3-10(13)4-6-12/h3-7H,8,13H2,1-2H3. The quantitative estimate of drug-likeness (QED) is 0.801. The summed E-state index contributed by atoms with van der Waals surface area (Å²) in [5.41, 5.74) is 8.44. The first-order chi connectivity index (χ1) is 7.65. The molecule has 0 fully saturated rings. The first-order valence-electron chi connectivity index (χ1n) is 5.14. The van der Waals surface area contributed by atoms with E-state index in [1.54, 1.807) is 0 Å². The Morgan fingerprint density at radius 3 is 2.56 bits per heavy atom. The molecule has 4 heteroatoms. The Kier molecular flexibility index (Phi) is 2.81. The lowest BCUT2D eigenvalue weighted by Gasteiger charge is -2.17. The van der Waals surface area contributed by atoms with Crippen LogP contribution in [0.5, 0.6) is 0 Å². The second-order valence-electron chi connectivity index (χ2n) is 3.88. The van der Waals surface area contributed by atoms with Crippen LogP contribution in [0.3, 0.4) is 0 Å². The number of nitrogens with two attached hydrogens (primary N) is 1. The van der Waals surface area contributed by atoms with Gasteiger partial charge in [0.05, 0.1) is 6.54 Å². The van der Waals surface area contributed by atoms with E-state index in [2.05, 4.69) is 10.1 Å². The lowest BCUT2D eigenvalue weighted by Crippen LogP contribution is -2.16. The van der Waals surface area contributed by atoms with Crippen LogP contribution in [0, 0.1) is 6.92 Å². The average Bonchev–Trinajstić information content (AvgIpc) is 2.65. The van der Waals surface area contributed by atoms with Gasteiger partial charge in [-0.25, -0.2) is 0 Å². The van der Waals surface area contributed by atoms with E-state index in [4.69, 9.17) is 10.3 Å². The lowest BCUT2D eigenvalue weighted by molar-refractivity contribution is 0.390. The predicted molar refractivity (Wildman–Crippen MR) is 64.2 cm³/mol. The molecule has 0 radical (unpaired) electrons. The molecule has 1 aromatic carbocycles. The SMILES string of the molecule is Cc1cc(CN(C)c2ccc(N)cc2)no1. The van der Waals surface area contributed by atoms with Crippen molar-refractivity contribution in [2.24, 2.45) is 0 Å². The fourth-order valence-electron chi connectivity index (χ4n) is 1.56. The fourth-order valence-corrected chi connectivity index (χ4v) is 1.56. The third-order valence-corrected chi connectivity index (χ3v) is 2.41. The van der Waals surface area contributed by atoms with Crippen LogP contribution < -0.4 is 10.6 Å². The number of aryl methyl sites for hydroxylation is 1. The van der Waals surface area contributed by atoms with Crippen molar-refractivity contribution in [2.45, 2.75) is 13.5 Å². The maximum absolute atomic E-state index is 5.64. The highest BCUT2D eigenvalue weighted by Crippen LogP contribution is 2.17. The molecule has 2 N–H and O–H groups in total. The maximum atomic E-state index is 5.64. The summed E-state index contributed by atoms with van der Waals surface area (Å²) in [5.74, 6) is 0.834. The van der Waals surface area contributed by atoms with Crippen LogP contribution in [0.25, 0.3) is 0 Å². The van der Waals surface area contributed by atoms with E-state index in [9.17, 15) is 0 Å². The van der Waals surface area contributed by atoms with Crippen LogP contribution in [-0.2, 0) is 6.54 Å². The molecule has 0 bridgehead atoms. The minimum atomic E-state index is 0.723. The first kappa shape index (κ1) is 10.5. The van der Waals surface area contributed by atoms with Gasteiger partial charge >= 0.3 is 0 Å². The van der Waals surface area contributed by atoms with Crippen molar-refractivity contribution in [3.63, 3.8) is 0 Å². The van der Waals surface area contributed by atoms with Gasteiger partial charge in [-0.05, 0) is 31.2 Å². The Hall–Kier alpha value is -1.97. The van der Waals surface area contributed by atoms with Gasteiger partial charge in [-0.2, -0.15) is 0 Å². The number of benzene rings is 1. The van der Waals surface area contributed by atoms with Crippen molar-refractivity contribution < 1.29 is 4.52 Å². The highest BCUT2D eigenvalue weighted by Gasteiger charge is 2.05. The van der Waals surface area contributed by atoms with Gasteiger partial charge in [0.15, 0.2) is 0 Å². The largest absolute Gasteiger partial charge is 0.399 e. The van der Waals surface area contributed by atoms with Gasteiger partial charge in [0.2, 0.25) is 0 Å². The summed E-state index contributed by atoms with van der Waals surface area (Å²) in [4.78, 5) is 2.09. The van der Waals surface area contributed by atoms with Gasteiger partial charge in [0, 0.05) is 24.5 Å². The molecule has 1 aromatic heterocycles. The van der Waals surface area contributed by atoms with E-state index >= 15 is 0 Å². The monoisotopic (exact) mass is 217 g/mol. The molecule has 2 aromatic rings. The van der Waals surface area contributed by atoms with Crippen molar-refractivity contribution in [1.82, 2.24) is 5.16 Å². The van der Waals surface area contributed by atoms with E-state index in [1.807, 2.05) is 44.3 Å². The van der Waals surface area contributed by atoms with Gasteiger partial charge in [-0.3, -0.25) is 0 Å². The molecular formula is C12H15N3O. The van der Waals surface area contributed by atoms with Gasteiger partial charge in [0.25, 0.3) is 0 Å². The van der Waals surface area contributed by atoms with Crippen molar-refractivity contribution >= 4 is 11.4 Å². The third-order valence-electron chi connectivity index (χ3n) is 2.41. The molecule has 0 spiro atoms. The zero-order chi connectivity index (χ0) is 11.5. The summed E-state index contributed by atoms with van der Waals surface area (Å²) in [5, 5.41) is 3.96. The maximum Gasteiger partial charge on any atom is 0.133 e. The van der Waals surface area contributed by atoms with Crippen LogP contribution in [0.15, 0.2) is 34.9 Å². The summed E-state index contributed by atoms with van der Waals surface area (Å²) in [6.07, 6.45) is 0. The molecule has 2 rings (SSSR count). The Morgan fingerprint density at radius 1 is 1.31 bits per heavy atom. The Bertz CT molecular complexity index is 461. The first-order valence-corrected chi connectivity index (χ1v) is 5.14. The van der Waals surface area contributed by atoms with Gasteiger partial charge in [0.1, 0.15) is 11.5 Å². The van der Waals surface area contributed by atoms with Gasteiger partial charge < -0.3 is 15.2 Å². The van der Waals surface area contributed by atoms with Crippen molar-refractivity contribution in [2.75, 3.05) is 17.7 Å². The number of hydrogen-bond donors (Lipinski definition) is 1. The number of rotatable bonds is 3. The van der Waals surface area contributed by atoms with E-state index in [0.717, 1.165) is 29.4 Å². The zero-order valence-corrected chi connectivity index (χ0v) is 9.47. The Labute approximate surface area is 94.6 Å². The molecule has 0 atom stereocenters. The highest BCUT2D eigenvalue weighted by molar-refractivity contribution is 5.52. The molecular weight excluding hydrogens is 202 g/mol. The topological polar surface area (TPSA) is 55.3 Å². The van der Waals surface area contributed by atoms with Crippen molar-refractivity contribution in [3.05, 3.63) is 41.8 Å². The molecule has 0 amide bonds. The number of nitrogen functional groups attached to an aromatic ring is 1. The fraction of sp³-hybridized carbons (Fsp3) is 0.250. The van der Waals surface area contributed by atoms with Crippen LogP contribution in [-0.4, -0.2) is 12.2 Å². The minimum Gasteiger partial charge on any atom is -0.399 e. The smallest absolute Gasteiger partial charge is 0.133 e. The summed E-state index contributed by atoms with van der Waals surface area (Å²) in [7, 11) is 2.01. The molecule has 0 saturated heterocycles. The minimum absolute atomic E-state index is 0.723. The molecule has 0 aliphatic rings. The summed E-state index contributed by atoms with van der Waals surface area (Å²) in [6.45, 7) is 2.61. The number of hydrogen-bond acceptors (Lipinski definition) is 4.